The number of aryl methyl sites for hydroxylation is 2. The number of hydrogen-bond donors (Lipinski definition) is 1. The number of halogens is 1. The second-order valence-corrected chi connectivity index (χ2v) is 7.91. The van der Waals surface area contributed by atoms with Crippen LogP contribution in [0.3, 0.4) is 0 Å². The molecule has 1 fully saturated rings. The molecule has 0 aliphatic heterocycles. The van der Waals surface area contributed by atoms with Gasteiger partial charge >= 0.3 is 0 Å². The third kappa shape index (κ3) is 3.09. The van der Waals surface area contributed by atoms with Crippen molar-refractivity contribution in [1.82, 2.24) is 10.2 Å². The maximum absolute atomic E-state index is 5.96. The second kappa shape index (κ2) is 5.90. The summed E-state index contributed by atoms with van der Waals surface area (Å²) in [4.78, 5) is 1.34. The number of rotatable bonds is 4. The lowest BCUT2D eigenvalue weighted by molar-refractivity contribution is 0.312. The molecule has 0 bridgehead atoms. The quantitative estimate of drug-likeness (QED) is 0.833. The zero-order chi connectivity index (χ0) is 14.0. The molecule has 0 radical (unpaired) electrons. The number of nitrogens with zero attached hydrogens (tertiary/aromatic N) is 1. The van der Waals surface area contributed by atoms with E-state index in [4.69, 9.17) is 11.6 Å². The summed E-state index contributed by atoms with van der Waals surface area (Å²) >= 11 is 7.64. The number of H-pyrrole nitrogens is 1. The Morgan fingerprint density at radius 1 is 1.25 bits per heavy atom. The largest absolute Gasteiger partial charge is 0.282 e. The Morgan fingerprint density at radius 3 is 2.75 bits per heavy atom. The van der Waals surface area contributed by atoms with Gasteiger partial charge in [-0.05, 0) is 43.9 Å². The fraction of sp³-hybridized carbons (Fsp3) is 0.562. The monoisotopic (exact) mass is 308 g/mol. The van der Waals surface area contributed by atoms with Crippen molar-refractivity contribution >= 4 is 22.9 Å². The minimum atomic E-state index is 0.291. The lowest BCUT2D eigenvalue weighted by Gasteiger charge is -2.31. The standard InChI is InChI=1S/C16H21ClN2S/c1-16(9-3-2-4-10-16)14-11-12(18-19-14)5-6-13-7-8-15(17)20-13/h7-8,11H,2-6,9-10H2,1H3,(H,18,19). The number of hydrogen-bond acceptors (Lipinski definition) is 2. The molecule has 0 aromatic carbocycles. The molecule has 1 saturated carbocycles. The first-order chi connectivity index (χ1) is 9.66. The highest BCUT2D eigenvalue weighted by Crippen LogP contribution is 2.38. The van der Waals surface area contributed by atoms with Gasteiger partial charge < -0.3 is 0 Å². The van der Waals surface area contributed by atoms with Gasteiger partial charge in [-0.1, -0.05) is 37.8 Å². The molecule has 4 heteroatoms. The Labute approximate surface area is 129 Å². The molecule has 0 unspecified atom stereocenters. The normalized spacial score (nSPS) is 18.3. The molecule has 0 saturated heterocycles. The summed E-state index contributed by atoms with van der Waals surface area (Å²) < 4.78 is 0.875. The molecule has 1 N–H and O–H groups in total. The van der Waals surface area contributed by atoms with Gasteiger partial charge in [0.1, 0.15) is 0 Å². The molecule has 0 spiro atoms. The van der Waals surface area contributed by atoms with Crippen LogP contribution in [0.25, 0.3) is 0 Å². The van der Waals surface area contributed by atoms with Crippen LogP contribution in [0.4, 0.5) is 0 Å². The van der Waals surface area contributed by atoms with Gasteiger partial charge in [0.25, 0.3) is 0 Å². The minimum absolute atomic E-state index is 0.291. The molecular formula is C16H21ClN2S. The molecule has 1 aliphatic carbocycles. The molecule has 0 atom stereocenters. The average Bonchev–Trinajstić information content (AvgIpc) is 3.06. The van der Waals surface area contributed by atoms with Gasteiger partial charge in [0, 0.05) is 16.0 Å². The van der Waals surface area contributed by atoms with Gasteiger partial charge in [0.05, 0.1) is 10.0 Å². The van der Waals surface area contributed by atoms with Crippen LogP contribution < -0.4 is 0 Å². The Bertz CT molecular complexity index is 567. The van der Waals surface area contributed by atoms with E-state index >= 15 is 0 Å². The third-order valence-electron chi connectivity index (χ3n) is 4.48. The van der Waals surface area contributed by atoms with Crippen molar-refractivity contribution in [3.8, 4) is 0 Å². The summed E-state index contributed by atoms with van der Waals surface area (Å²) in [6, 6.07) is 6.37. The van der Waals surface area contributed by atoms with E-state index in [2.05, 4.69) is 29.3 Å². The maximum Gasteiger partial charge on any atom is 0.0931 e. The van der Waals surface area contributed by atoms with Gasteiger partial charge in [-0.25, -0.2) is 0 Å². The lowest BCUT2D eigenvalue weighted by Crippen LogP contribution is -2.25. The summed E-state index contributed by atoms with van der Waals surface area (Å²) in [5.41, 5.74) is 2.80. The van der Waals surface area contributed by atoms with E-state index in [9.17, 15) is 0 Å². The van der Waals surface area contributed by atoms with E-state index in [0.717, 1.165) is 17.2 Å². The molecule has 2 heterocycles. The van der Waals surface area contributed by atoms with Crippen molar-refractivity contribution in [3.05, 3.63) is 38.8 Å². The van der Waals surface area contributed by atoms with E-state index in [0.29, 0.717) is 5.41 Å². The van der Waals surface area contributed by atoms with Gasteiger partial charge in [-0.2, -0.15) is 5.10 Å². The zero-order valence-electron chi connectivity index (χ0n) is 11.9. The molecule has 1 aliphatic rings. The van der Waals surface area contributed by atoms with E-state index in [1.807, 2.05) is 6.07 Å². The number of aromatic amines is 1. The number of nitrogens with one attached hydrogen (secondary N) is 1. The second-order valence-electron chi connectivity index (χ2n) is 6.11. The Balaban J connectivity index is 1.64. The highest BCUT2D eigenvalue weighted by Gasteiger charge is 2.30. The predicted molar refractivity (Wildman–Crippen MR) is 85.8 cm³/mol. The molecule has 0 amide bonds. The van der Waals surface area contributed by atoms with Crippen molar-refractivity contribution < 1.29 is 0 Å². The van der Waals surface area contributed by atoms with Gasteiger partial charge in [0.15, 0.2) is 0 Å². The maximum atomic E-state index is 5.96. The van der Waals surface area contributed by atoms with E-state index in [-0.39, 0.29) is 0 Å². The van der Waals surface area contributed by atoms with Crippen LogP contribution in [-0.4, -0.2) is 10.2 Å². The summed E-state index contributed by atoms with van der Waals surface area (Å²) in [6.07, 6.45) is 8.66. The highest BCUT2D eigenvalue weighted by atomic mass is 35.5. The average molecular weight is 309 g/mol. The zero-order valence-corrected chi connectivity index (χ0v) is 13.5. The molecule has 2 aromatic heterocycles. The first-order valence-corrected chi connectivity index (χ1v) is 8.64. The van der Waals surface area contributed by atoms with Crippen molar-refractivity contribution in [2.75, 3.05) is 0 Å². The summed E-state index contributed by atoms with van der Waals surface area (Å²) in [5.74, 6) is 0. The highest BCUT2D eigenvalue weighted by molar-refractivity contribution is 7.16. The van der Waals surface area contributed by atoms with Crippen molar-refractivity contribution in [2.24, 2.45) is 0 Å². The SMILES string of the molecule is CC1(c2cc(CCc3ccc(Cl)s3)[nH]n2)CCCCC1. The summed E-state index contributed by atoms with van der Waals surface area (Å²) in [5, 5.41) is 7.81. The molecular weight excluding hydrogens is 288 g/mol. The summed E-state index contributed by atoms with van der Waals surface area (Å²) in [7, 11) is 0. The number of thiophene rings is 1. The van der Waals surface area contributed by atoms with Gasteiger partial charge in [0.2, 0.25) is 0 Å². The van der Waals surface area contributed by atoms with Crippen LogP contribution in [0.2, 0.25) is 4.34 Å². The molecule has 2 nitrogen and oxygen atoms in total. The number of aromatic nitrogens is 2. The molecule has 3 rings (SSSR count). The molecule has 108 valence electrons. The molecule has 20 heavy (non-hydrogen) atoms. The first kappa shape index (κ1) is 14.2. The van der Waals surface area contributed by atoms with Gasteiger partial charge in [-0.3, -0.25) is 5.10 Å². The summed E-state index contributed by atoms with van der Waals surface area (Å²) in [6.45, 7) is 2.37. The van der Waals surface area contributed by atoms with E-state index < -0.39 is 0 Å². The van der Waals surface area contributed by atoms with Crippen LogP contribution in [0, 0.1) is 0 Å². The van der Waals surface area contributed by atoms with Crippen LogP contribution in [0.5, 0.6) is 0 Å². The van der Waals surface area contributed by atoms with Crippen LogP contribution >= 0.6 is 22.9 Å². The molecule has 2 aromatic rings. The minimum Gasteiger partial charge on any atom is -0.282 e. The van der Waals surface area contributed by atoms with Crippen LogP contribution in [-0.2, 0) is 18.3 Å². The van der Waals surface area contributed by atoms with Gasteiger partial charge in [-0.15, -0.1) is 11.3 Å². The third-order valence-corrected chi connectivity index (χ3v) is 5.77. The lowest BCUT2D eigenvalue weighted by atomic mass is 9.73. The Hall–Kier alpha value is -0.800. The fourth-order valence-electron chi connectivity index (χ4n) is 3.13. The van der Waals surface area contributed by atoms with Crippen LogP contribution in [0.1, 0.15) is 55.3 Å². The van der Waals surface area contributed by atoms with Crippen LogP contribution in [0.15, 0.2) is 18.2 Å². The van der Waals surface area contributed by atoms with E-state index in [1.54, 1.807) is 11.3 Å². The van der Waals surface area contributed by atoms with Crippen molar-refractivity contribution in [3.63, 3.8) is 0 Å². The fourth-order valence-corrected chi connectivity index (χ4v) is 4.22. The van der Waals surface area contributed by atoms with Crippen molar-refractivity contribution in [1.29, 1.82) is 0 Å². The topological polar surface area (TPSA) is 28.7 Å². The Kier molecular flexibility index (Phi) is 4.18. The van der Waals surface area contributed by atoms with Crippen molar-refractivity contribution in [2.45, 2.75) is 57.3 Å². The Morgan fingerprint density at radius 2 is 2.05 bits per heavy atom. The predicted octanol–water partition coefficient (Wildman–Crippen LogP) is 5.13. The smallest absolute Gasteiger partial charge is 0.0931 e. The van der Waals surface area contributed by atoms with E-state index in [1.165, 1.54) is 48.4 Å². The first-order valence-electron chi connectivity index (χ1n) is 7.45.